The van der Waals surface area contributed by atoms with Crippen molar-refractivity contribution in [2.24, 2.45) is 23.2 Å². The number of furan rings is 1. The van der Waals surface area contributed by atoms with Gasteiger partial charge in [-0.05, 0) is 31.2 Å². The van der Waals surface area contributed by atoms with E-state index in [0.717, 1.165) is 24.8 Å². The van der Waals surface area contributed by atoms with Crippen LogP contribution >= 0.6 is 0 Å². The highest BCUT2D eigenvalue weighted by atomic mass is 16.6. The third kappa shape index (κ3) is 1.52. The Bertz CT molecular complexity index is 771. The smallest absolute Gasteiger partial charge is 0.339 e. The summed E-state index contributed by atoms with van der Waals surface area (Å²) in [6.07, 6.45) is 5.75. The Balaban J connectivity index is 1.48. The molecule has 6 nitrogen and oxygen atoms in total. The van der Waals surface area contributed by atoms with Crippen LogP contribution in [-0.2, 0) is 23.8 Å². The highest BCUT2D eigenvalue weighted by molar-refractivity contribution is 5.85. The van der Waals surface area contributed by atoms with Crippen LogP contribution in [0.1, 0.15) is 44.3 Å². The maximum absolute atomic E-state index is 12.9. The molecule has 0 aromatic carbocycles. The minimum Gasteiger partial charge on any atom is -0.472 e. The second-order valence-corrected chi connectivity index (χ2v) is 8.58. The van der Waals surface area contributed by atoms with E-state index < -0.39 is 5.60 Å². The zero-order chi connectivity index (χ0) is 17.0. The summed E-state index contributed by atoms with van der Waals surface area (Å²) >= 11 is 0. The highest BCUT2D eigenvalue weighted by Gasteiger charge is 2.76. The first kappa shape index (κ1) is 14.4. The zero-order valence-corrected chi connectivity index (χ0v) is 14.0. The summed E-state index contributed by atoms with van der Waals surface area (Å²) in [5.74, 6) is -0.235. The van der Waals surface area contributed by atoms with Crippen LogP contribution in [0, 0.1) is 23.2 Å². The van der Waals surface area contributed by atoms with Gasteiger partial charge in [0.15, 0.2) is 5.60 Å². The van der Waals surface area contributed by atoms with Crippen molar-refractivity contribution < 1.29 is 28.2 Å². The molecule has 0 radical (unpaired) electrons. The largest absolute Gasteiger partial charge is 0.472 e. The maximum atomic E-state index is 12.9. The number of esters is 2. The zero-order valence-electron chi connectivity index (χ0n) is 14.0. The molecule has 0 unspecified atom stereocenters. The Morgan fingerprint density at radius 2 is 2.04 bits per heavy atom. The lowest BCUT2D eigenvalue weighted by Gasteiger charge is -2.51. The summed E-state index contributed by atoms with van der Waals surface area (Å²) in [5.41, 5.74) is -0.293. The summed E-state index contributed by atoms with van der Waals surface area (Å²) in [7, 11) is 0. The number of hydrogen-bond acceptors (Lipinski definition) is 6. The first-order chi connectivity index (χ1) is 12.0. The van der Waals surface area contributed by atoms with Gasteiger partial charge in [0.25, 0.3) is 0 Å². The lowest BCUT2D eigenvalue weighted by molar-refractivity contribution is -0.169. The molecule has 4 heterocycles. The average Bonchev–Trinajstić information content (AvgIpc) is 3.31. The molecule has 5 fully saturated rings. The molecule has 4 bridgehead atoms. The number of fused-ring (bicyclic) bond motifs is 7. The van der Waals surface area contributed by atoms with E-state index in [1.54, 1.807) is 12.5 Å². The second-order valence-electron chi connectivity index (χ2n) is 8.58. The summed E-state index contributed by atoms with van der Waals surface area (Å²) in [6, 6.07) is 1.90. The topological polar surface area (TPSA) is 75.0 Å². The van der Waals surface area contributed by atoms with Crippen molar-refractivity contribution in [3.63, 3.8) is 0 Å². The minimum absolute atomic E-state index is 0.0202. The van der Waals surface area contributed by atoms with E-state index in [-0.39, 0.29) is 53.4 Å². The van der Waals surface area contributed by atoms with Crippen LogP contribution in [-0.4, -0.2) is 29.7 Å². The van der Waals surface area contributed by atoms with E-state index >= 15 is 0 Å². The quantitative estimate of drug-likeness (QED) is 0.728. The van der Waals surface area contributed by atoms with Crippen molar-refractivity contribution in [3.05, 3.63) is 24.2 Å². The molecule has 132 valence electrons. The van der Waals surface area contributed by atoms with Crippen LogP contribution in [0.25, 0.3) is 0 Å². The molecule has 3 saturated heterocycles. The van der Waals surface area contributed by atoms with Crippen molar-refractivity contribution >= 4 is 11.9 Å². The standard InChI is InChI=1S/C19H20O6/c1-18-6-13(9-2-3-22-8-9)25-19(18)7-14(24-17(19)21)15-11-4-10(5-12(15)18)23-16(11)20/h2-3,8,10-15H,4-7H2,1H3/t10-,11-,12-,13+,14-,15+,18-,19+/m0/s1. The summed E-state index contributed by atoms with van der Waals surface area (Å²) in [5, 5.41) is 0. The summed E-state index contributed by atoms with van der Waals surface area (Å²) < 4.78 is 23.0. The van der Waals surface area contributed by atoms with Gasteiger partial charge in [-0.25, -0.2) is 4.79 Å². The molecule has 5 aliphatic rings. The van der Waals surface area contributed by atoms with Gasteiger partial charge in [-0.2, -0.15) is 0 Å². The van der Waals surface area contributed by atoms with Gasteiger partial charge < -0.3 is 18.6 Å². The van der Waals surface area contributed by atoms with E-state index in [1.807, 2.05) is 6.07 Å². The van der Waals surface area contributed by atoms with Gasteiger partial charge in [-0.15, -0.1) is 0 Å². The normalized spacial score (nSPS) is 52.5. The Morgan fingerprint density at radius 1 is 1.16 bits per heavy atom. The third-order valence-corrected chi connectivity index (χ3v) is 7.66. The van der Waals surface area contributed by atoms with E-state index in [9.17, 15) is 9.59 Å². The molecular formula is C19H20O6. The van der Waals surface area contributed by atoms with E-state index in [0.29, 0.717) is 6.42 Å². The number of hydrogen-bond donors (Lipinski definition) is 0. The molecule has 0 N–H and O–H groups in total. The van der Waals surface area contributed by atoms with Gasteiger partial charge in [0, 0.05) is 23.3 Å². The van der Waals surface area contributed by atoms with Gasteiger partial charge >= 0.3 is 11.9 Å². The highest BCUT2D eigenvalue weighted by Crippen LogP contribution is 2.69. The predicted octanol–water partition coefficient (Wildman–Crippen LogP) is 2.38. The van der Waals surface area contributed by atoms with Crippen LogP contribution in [0.4, 0.5) is 0 Å². The monoisotopic (exact) mass is 344 g/mol. The Morgan fingerprint density at radius 3 is 2.84 bits per heavy atom. The first-order valence-corrected chi connectivity index (χ1v) is 9.13. The van der Waals surface area contributed by atoms with Crippen LogP contribution < -0.4 is 0 Å². The van der Waals surface area contributed by atoms with Crippen molar-refractivity contribution in [1.82, 2.24) is 0 Å². The maximum Gasteiger partial charge on any atom is 0.339 e. The molecule has 25 heavy (non-hydrogen) atoms. The van der Waals surface area contributed by atoms with E-state index in [2.05, 4.69) is 6.92 Å². The van der Waals surface area contributed by atoms with Gasteiger partial charge in [0.1, 0.15) is 12.2 Å². The van der Waals surface area contributed by atoms with Crippen molar-refractivity contribution in [3.8, 4) is 0 Å². The number of ether oxygens (including phenoxy) is 3. The number of carbonyl (C=O) groups excluding carboxylic acids is 2. The first-order valence-electron chi connectivity index (χ1n) is 9.13. The Labute approximate surface area is 144 Å². The molecule has 1 spiro atoms. The lowest BCUT2D eigenvalue weighted by Crippen LogP contribution is -2.59. The minimum atomic E-state index is -0.902. The molecule has 2 saturated carbocycles. The van der Waals surface area contributed by atoms with Gasteiger partial charge in [0.05, 0.1) is 24.5 Å². The van der Waals surface area contributed by atoms with Crippen LogP contribution in [0.5, 0.6) is 0 Å². The fourth-order valence-corrected chi connectivity index (χ4v) is 6.54. The molecule has 1 aromatic rings. The van der Waals surface area contributed by atoms with Gasteiger partial charge in [-0.1, -0.05) is 6.92 Å². The van der Waals surface area contributed by atoms with Gasteiger partial charge in [-0.3, -0.25) is 4.79 Å². The third-order valence-electron chi connectivity index (χ3n) is 7.66. The fourth-order valence-electron chi connectivity index (χ4n) is 6.54. The lowest BCUT2D eigenvalue weighted by atomic mass is 9.49. The average molecular weight is 344 g/mol. The van der Waals surface area contributed by atoms with Gasteiger partial charge in [0.2, 0.25) is 0 Å². The summed E-state index contributed by atoms with van der Waals surface area (Å²) in [4.78, 5) is 25.2. The van der Waals surface area contributed by atoms with E-state index in [1.165, 1.54) is 0 Å². The molecule has 6 rings (SSSR count). The van der Waals surface area contributed by atoms with Crippen LogP contribution in [0.3, 0.4) is 0 Å². The molecule has 8 atom stereocenters. The number of rotatable bonds is 1. The van der Waals surface area contributed by atoms with E-state index in [4.69, 9.17) is 18.6 Å². The summed E-state index contributed by atoms with van der Waals surface area (Å²) in [6.45, 7) is 2.16. The van der Waals surface area contributed by atoms with Crippen molar-refractivity contribution in [2.45, 2.75) is 56.5 Å². The SMILES string of the molecule is C[C@@]12C[C@H](c3ccoc3)O[C@@]13C[C@H](OC3=O)[C@@H]1[C@@H]3C[C@@H](C[C@@H]12)OC3=O. The molecule has 0 amide bonds. The molecule has 3 aliphatic heterocycles. The molecule has 6 heteroatoms. The molecular weight excluding hydrogens is 324 g/mol. The Hall–Kier alpha value is -1.82. The van der Waals surface area contributed by atoms with Crippen LogP contribution in [0.15, 0.2) is 23.0 Å². The van der Waals surface area contributed by atoms with Crippen molar-refractivity contribution in [1.29, 1.82) is 0 Å². The molecule has 2 aliphatic carbocycles. The Kier molecular flexibility index (Phi) is 2.46. The fraction of sp³-hybridized carbons (Fsp3) is 0.684. The molecule has 1 aromatic heterocycles. The van der Waals surface area contributed by atoms with Crippen LogP contribution in [0.2, 0.25) is 0 Å². The van der Waals surface area contributed by atoms with Crippen molar-refractivity contribution in [2.75, 3.05) is 0 Å². The second kappa shape index (κ2) is 4.29. The number of carbonyl (C=O) groups is 2. The predicted molar refractivity (Wildman–Crippen MR) is 82.1 cm³/mol.